The van der Waals surface area contributed by atoms with Gasteiger partial charge in [-0.1, -0.05) is 32.9 Å². The number of benzene rings is 1. The second-order valence-electron chi connectivity index (χ2n) is 9.77. The molecule has 0 N–H and O–H groups in total. The van der Waals surface area contributed by atoms with E-state index in [9.17, 15) is 5.26 Å². The smallest absolute Gasteiger partial charge is 0.157 e. The molecule has 4 heteroatoms. The molecular formula is C23H26N4. The molecular weight excluding hydrogens is 332 g/mol. The van der Waals surface area contributed by atoms with E-state index in [2.05, 4.69) is 54.3 Å². The Labute approximate surface area is 160 Å². The van der Waals surface area contributed by atoms with Gasteiger partial charge in [0.25, 0.3) is 0 Å². The van der Waals surface area contributed by atoms with E-state index in [-0.39, 0.29) is 0 Å². The van der Waals surface area contributed by atoms with Crippen LogP contribution in [0.2, 0.25) is 0 Å². The summed E-state index contributed by atoms with van der Waals surface area (Å²) in [5.74, 6) is 1.20. The zero-order valence-electron chi connectivity index (χ0n) is 16.6. The summed E-state index contributed by atoms with van der Waals surface area (Å²) in [5.41, 5.74) is 5.27. The molecule has 1 aliphatic carbocycles. The van der Waals surface area contributed by atoms with Gasteiger partial charge in [-0.15, -0.1) is 0 Å². The fourth-order valence-corrected chi connectivity index (χ4v) is 6.01. The van der Waals surface area contributed by atoms with E-state index in [1.54, 1.807) is 0 Å². The van der Waals surface area contributed by atoms with Gasteiger partial charge in [0.2, 0.25) is 0 Å². The SMILES string of the molecule is Cc1cc(N2CC3(C)CC2CC(C)(C)C3)n2c(nc3ccccc32)c1C#N. The van der Waals surface area contributed by atoms with Crippen molar-refractivity contribution in [2.45, 2.75) is 53.0 Å². The highest BCUT2D eigenvalue weighted by molar-refractivity contribution is 5.85. The van der Waals surface area contributed by atoms with Crippen LogP contribution in [-0.2, 0) is 0 Å². The lowest BCUT2D eigenvalue weighted by Gasteiger charge is -2.39. The van der Waals surface area contributed by atoms with E-state index < -0.39 is 0 Å². The zero-order valence-corrected chi connectivity index (χ0v) is 16.6. The number of nitriles is 1. The second kappa shape index (κ2) is 5.25. The van der Waals surface area contributed by atoms with E-state index in [0.717, 1.165) is 28.8 Å². The predicted molar refractivity (Wildman–Crippen MR) is 109 cm³/mol. The van der Waals surface area contributed by atoms with Crippen LogP contribution in [-0.4, -0.2) is 22.0 Å². The lowest BCUT2D eigenvalue weighted by atomic mass is 9.65. The zero-order chi connectivity index (χ0) is 19.0. The van der Waals surface area contributed by atoms with E-state index in [1.807, 2.05) is 19.1 Å². The van der Waals surface area contributed by atoms with Crippen molar-refractivity contribution in [3.8, 4) is 6.07 Å². The quantitative estimate of drug-likeness (QED) is 0.610. The first kappa shape index (κ1) is 16.6. The summed E-state index contributed by atoms with van der Waals surface area (Å²) in [5, 5.41) is 9.74. The normalized spacial score (nSPS) is 26.6. The Kier molecular flexibility index (Phi) is 3.23. The number of imidazole rings is 1. The Morgan fingerprint density at radius 2 is 1.96 bits per heavy atom. The number of hydrogen-bond acceptors (Lipinski definition) is 3. The van der Waals surface area contributed by atoms with Gasteiger partial charge in [0.1, 0.15) is 11.9 Å². The van der Waals surface area contributed by atoms with Gasteiger partial charge < -0.3 is 4.90 Å². The number of aromatic nitrogens is 2. The molecule has 1 saturated heterocycles. The Morgan fingerprint density at radius 3 is 2.74 bits per heavy atom. The molecule has 2 aromatic heterocycles. The van der Waals surface area contributed by atoms with Crippen molar-refractivity contribution < 1.29 is 0 Å². The van der Waals surface area contributed by atoms with Gasteiger partial charge in [-0.3, -0.25) is 4.40 Å². The number of rotatable bonds is 1. The maximum Gasteiger partial charge on any atom is 0.157 e. The minimum Gasteiger partial charge on any atom is -0.354 e. The van der Waals surface area contributed by atoms with Crippen molar-refractivity contribution in [2.75, 3.05) is 11.4 Å². The van der Waals surface area contributed by atoms with Crippen molar-refractivity contribution in [1.29, 1.82) is 5.26 Å². The third kappa shape index (κ3) is 2.37. The number of fused-ring (bicyclic) bond motifs is 5. The third-order valence-electron chi connectivity index (χ3n) is 6.57. The first-order chi connectivity index (χ1) is 12.8. The largest absolute Gasteiger partial charge is 0.354 e. The van der Waals surface area contributed by atoms with Gasteiger partial charge in [0.15, 0.2) is 5.65 Å². The lowest BCUT2D eigenvalue weighted by Crippen LogP contribution is -2.35. The van der Waals surface area contributed by atoms with Crippen LogP contribution in [0.5, 0.6) is 0 Å². The van der Waals surface area contributed by atoms with E-state index in [4.69, 9.17) is 4.98 Å². The summed E-state index contributed by atoms with van der Waals surface area (Å²) in [4.78, 5) is 7.43. The molecule has 2 aliphatic rings. The van der Waals surface area contributed by atoms with Crippen LogP contribution in [0.4, 0.5) is 5.82 Å². The number of pyridine rings is 1. The number of hydrogen-bond donors (Lipinski definition) is 0. The summed E-state index contributed by atoms with van der Waals surface area (Å²) in [6, 6.07) is 13.4. The van der Waals surface area contributed by atoms with Crippen LogP contribution >= 0.6 is 0 Å². The molecule has 1 aliphatic heterocycles. The second-order valence-corrected chi connectivity index (χ2v) is 9.77. The summed E-state index contributed by atoms with van der Waals surface area (Å²) < 4.78 is 2.22. The van der Waals surface area contributed by atoms with Gasteiger partial charge in [0, 0.05) is 12.6 Å². The molecule has 3 aromatic rings. The molecule has 3 heterocycles. The van der Waals surface area contributed by atoms with Gasteiger partial charge in [0.05, 0.1) is 16.6 Å². The standard InChI is InChI=1S/C23H26N4/c1-15-9-20(26-14-23(4)11-16(26)10-22(2,3)13-23)27-19-8-6-5-7-18(19)25-21(27)17(15)12-24/h5-9,16H,10-11,13-14H2,1-4H3. The summed E-state index contributed by atoms with van der Waals surface area (Å²) >= 11 is 0. The van der Waals surface area contributed by atoms with E-state index >= 15 is 0 Å². The van der Waals surface area contributed by atoms with Gasteiger partial charge >= 0.3 is 0 Å². The lowest BCUT2D eigenvalue weighted by molar-refractivity contribution is 0.136. The average molecular weight is 358 g/mol. The minimum atomic E-state index is 0.358. The van der Waals surface area contributed by atoms with Crippen molar-refractivity contribution in [1.82, 2.24) is 9.38 Å². The molecule has 2 fully saturated rings. The Bertz CT molecular complexity index is 1120. The van der Waals surface area contributed by atoms with Crippen molar-refractivity contribution >= 4 is 22.5 Å². The molecule has 27 heavy (non-hydrogen) atoms. The minimum absolute atomic E-state index is 0.358. The maximum absolute atomic E-state index is 9.74. The molecule has 138 valence electrons. The summed E-state index contributed by atoms with van der Waals surface area (Å²) in [7, 11) is 0. The molecule has 2 unspecified atom stereocenters. The fraction of sp³-hybridized carbons (Fsp3) is 0.478. The molecule has 1 saturated carbocycles. The monoisotopic (exact) mass is 358 g/mol. The highest BCUT2D eigenvalue weighted by Crippen LogP contribution is 2.53. The van der Waals surface area contributed by atoms with Crippen LogP contribution in [0.15, 0.2) is 30.3 Å². The van der Waals surface area contributed by atoms with Crippen molar-refractivity contribution in [2.24, 2.45) is 10.8 Å². The van der Waals surface area contributed by atoms with Crippen LogP contribution in [0, 0.1) is 29.1 Å². The highest BCUT2D eigenvalue weighted by atomic mass is 15.3. The average Bonchev–Trinajstić information content (AvgIpc) is 3.08. The maximum atomic E-state index is 9.74. The first-order valence-corrected chi connectivity index (χ1v) is 9.88. The van der Waals surface area contributed by atoms with Crippen molar-refractivity contribution in [3.05, 3.63) is 41.5 Å². The third-order valence-corrected chi connectivity index (χ3v) is 6.57. The van der Waals surface area contributed by atoms with Gasteiger partial charge in [-0.2, -0.15) is 5.26 Å². The first-order valence-electron chi connectivity index (χ1n) is 9.88. The highest BCUT2D eigenvalue weighted by Gasteiger charge is 2.50. The van der Waals surface area contributed by atoms with Crippen LogP contribution in [0.25, 0.3) is 16.7 Å². The molecule has 2 bridgehead atoms. The van der Waals surface area contributed by atoms with Gasteiger partial charge in [-0.25, -0.2) is 4.98 Å². The summed E-state index contributed by atoms with van der Waals surface area (Å²) in [6.07, 6.45) is 3.75. The topological polar surface area (TPSA) is 44.3 Å². The van der Waals surface area contributed by atoms with Gasteiger partial charge in [-0.05, 0) is 60.8 Å². The Morgan fingerprint density at radius 1 is 1.19 bits per heavy atom. The Balaban J connectivity index is 1.78. The Hall–Kier alpha value is -2.54. The molecule has 0 amide bonds. The number of para-hydroxylation sites is 2. The van der Waals surface area contributed by atoms with E-state index in [1.165, 1.54) is 25.1 Å². The number of aryl methyl sites for hydroxylation is 1. The number of anilines is 1. The van der Waals surface area contributed by atoms with Crippen LogP contribution < -0.4 is 4.90 Å². The van der Waals surface area contributed by atoms with Crippen LogP contribution in [0.1, 0.15) is 51.2 Å². The molecule has 1 aromatic carbocycles. The van der Waals surface area contributed by atoms with E-state index in [0.29, 0.717) is 22.4 Å². The molecule has 4 nitrogen and oxygen atoms in total. The molecule has 2 atom stereocenters. The molecule has 0 radical (unpaired) electrons. The fourth-order valence-electron chi connectivity index (χ4n) is 6.01. The summed E-state index contributed by atoms with van der Waals surface area (Å²) in [6.45, 7) is 10.4. The van der Waals surface area contributed by atoms with Crippen molar-refractivity contribution in [3.63, 3.8) is 0 Å². The predicted octanol–water partition coefficient (Wildman–Crippen LogP) is 5.07. The molecule has 0 spiro atoms. The molecule has 5 rings (SSSR count). The van der Waals surface area contributed by atoms with Crippen LogP contribution in [0.3, 0.4) is 0 Å². The number of nitrogens with zero attached hydrogens (tertiary/aromatic N) is 4.